The number of rotatable bonds is 5. The van der Waals surface area contributed by atoms with Gasteiger partial charge in [-0.3, -0.25) is 4.79 Å². The third kappa shape index (κ3) is 3.41. The third-order valence-corrected chi connectivity index (χ3v) is 3.91. The SMILES string of the molecule is CCc1cc(C(=O)NCCc2nc(C)no2)sc1C. The molecule has 0 radical (unpaired) electrons. The highest BCUT2D eigenvalue weighted by molar-refractivity contribution is 7.14. The fourth-order valence-corrected chi connectivity index (χ4v) is 2.82. The summed E-state index contributed by atoms with van der Waals surface area (Å²) in [4.78, 5) is 18.0. The minimum absolute atomic E-state index is 0.0379. The molecule has 2 heterocycles. The first-order valence-electron chi connectivity index (χ1n) is 6.27. The number of aromatic nitrogens is 2. The molecule has 0 saturated carbocycles. The highest BCUT2D eigenvalue weighted by atomic mass is 32.1. The van der Waals surface area contributed by atoms with Gasteiger partial charge in [0.05, 0.1) is 4.88 Å². The molecule has 0 aromatic carbocycles. The van der Waals surface area contributed by atoms with Crippen LogP contribution in [0.3, 0.4) is 0 Å². The van der Waals surface area contributed by atoms with Crippen molar-refractivity contribution in [3.05, 3.63) is 33.1 Å². The van der Waals surface area contributed by atoms with Crippen molar-refractivity contribution in [3.63, 3.8) is 0 Å². The zero-order chi connectivity index (χ0) is 13.8. The monoisotopic (exact) mass is 279 g/mol. The fraction of sp³-hybridized carbons (Fsp3) is 0.462. The van der Waals surface area contributed by atoms with Crippen molar-refractivity contribution in [1.82, 2.24) is 15.5 Å². The van der Waals surface area contributed by atoms with Crippen molar-refractivity contribution >= 4 is 17.2 Å². The van der Waals surface area contributed by atoms with E-state index in [9.17, 15) is 4.79 Å². The summed E-state index contributed by atoms with van der Waals surface area (Å²) in [5.74, 6) is 1.13. The molecule has 0 atom stereocenters. The van der Waals surface area contributed by atoms with Crippen LogP contribution in [0.2, 0.25) is 0 Å². The average molecular weight is 279 g/mol. The van der Waals surface area contributed by atoms with Crippen molar-refractivity contribution in [2.45, 2.75) is 33.6 Å². The van der Waals surface area contributed by atoms with E-state index in [0.717, 1.165) is 11.3 Å². The van der Waals surface area contributed by atoms with Crippen LogP contribution in [-0.4, -0.2) is 22.6 Å². The second kappa shape index (κ2) is 5.97. The second-order valence-electron chi connectivity index (χ2n) is 4.29. The zero-order valence-electron chi connectivity index (χ0n) is 11.3. The van der Waals surface area contributed by atoms with Gasteiger partial charge in [-0.2, -0.15) is 4.98 Å². The molecule has 2 rings (SSSR count). The van der Waals surface area contributed by atoms with E-state index in [1.165, 1.54) is 21.8 Å². The molecule has 0 unspecified atom stereocenters. The largest absolute Gasteiger partial charge is 0.351 e. The molecule has 0 spiro atoms. The summed E-state index contributed by atoms with van der Waals surface area (Å²) >= 11 is 1.53. The summed E-state index contributed by atoms with van der Waals surface area (Å²) in [5.41, 5.74) is 1.24. The molecule has 5 nitrogen and oxygen atoms in total. The summed E-state index contributed by atoms with van der Waals surface area (Å²) in [6.45, 7) is 6.40. The van der Waals surface area contributed by atoms with Crippen molar-refractivity contribution in [2.75, 3.05) is 6.54 Å². The molecule has 0 bridgehead atoms. The first-order chi connectivity index (χ1) is 9.10. The van der Waals surface area contributed by atoms with Gasteiger partial charge in [0.25, 0.3) is 5.91 Å². The average Bonchev–Trinajstić information content (AvgIpc) is 2.95. The first-order valence-corrected chi connectivity index (χ1v) is 7.08. The Labute approximate surface area is 116 Å². The lowest BCUT2D eigenvalue weighted by Gasteiger charge is -2.00. The number of thiophene rings is 1. The van der Waals surface area contributed by atoms with Gasteiger partial charge >= 0.3 is 0 Å². The number of nitrogens with zero attached hydrogens (tertiary/aromatic N) is 2. The van der Waals surface area contributed by atoms with Gasteiger partial charge in [0.15, 0.2) is 5.82 Å². The van der Waals surface area contributed by atoms with Crippen LogP contribution in [0.25, 0.3) is 0 Å². The van der Waals surface area contributed by atoms with Gasteiger partial charge in [-0.15, -0.1) is 11.3 Å². The van der Waals surface area contributed by atoms with Crippen LogP contribution >= 0.6 is 11.3 Å². The Bertz CT molecular complexity index is 574. The normalized spacial score (nSPS) is 10.7. The quantitative estimate of drug-likeness (QED) is 0.911. The fourth-order valence-electron chi connectivity index (χ4n) is 1.79. The lowest BCUT2D eigenvalue weighted by molar-refractivity contribution is 0.0957. The molecule has 2 aromatic heterocycles. The number of carbonyl (C=O) groups is 1. The van der Waals surface area contributed by atoms with Gasteiger partial charge in [-0.1, -0.05) is 12.1 Å². The van der Waals surface area contributed by atoms with Gasteiger partial charge in [0.2, 0.25) is 5.89 Å². The molecule has 0 aliphatic rings. The van der Waals surface area contributed by atoms with Crippen LogP contribution in [-0.2, 0) is 12.8 Å². The van der Waals surface area contributed by atoms with E-state index >= 15 is 0 Å². The number of amides is 1. The number of nitrogens with one attached hydrogen (secondary N) is 1. The van der Waals surface area contributed by atoms with E-state index in [0.29, 0.717) is 24.7 Å². The number of hydrogen-bond acceptors (Lipinski definition) is 5. The molecule has 0 aliphatic carbocycles. The van der Waals surface area contributed by atoms with Crippen LogP contribution in [0, 0.1) is 13.8 Å². The van der Waals surface area contributed by atoms with Gasteiger partial charge in [0.1, 0.15) is 0 Å². The Morgan fingerprint density at radius 3 is 2.84 bits per heavy atom. The maximum Gasteiger partial charge on any atom is 0.261 e. The van der Waals surface area contributed by atoms with Crippen LogP contribution < -0.4 is 5.32 Å². The Kier molecular flexibility index (Phi) is 4.31. The topological polar surface area (TPSA) is 68.0 Å². The number of hydrogen-bond donors (Lipinski definition) is 1. The van der Waals surface area contributed by atoms with Crippen molar-refractivity contribution in [1.29, 1.82) is 0 Å². The molecule has 0 saturated heterocycles. The van der Waals surface area contributed by atoms with E-state index in [2.05, 4.69) is 22.4 Å². The predicted molar refractivity (Wildman–Crippen MR) is 73.5 cm³/mol. The molecule has 1 N–H and O–H groups in total. The van der Waals surface area contributed by atoms with Gasteiger partial charge < -0.3 is 9.84 Å². The standard InChI is InChI=1S/C13H17N3O2S/c1-4-10-7-11(19-8(10)2)13(17)14-6-5-12-15-9(3)16-18-12/h7H,4-6H2,1-3H3,(H,14,17). The maximum atomic E-state index is 12.0. The van der Waals surface area contributed by atoms with Crippen LogP contribution in [0.4, 0.5) is 0 Å². The molecule has 1 amide bonds. The molecule has 6 heteroatoms. The van der Waals surface area contributed by atoms with Gasteiger partial charge in [-0.25, -0.2) is 0 Å². The zero-order valence-corrected chi connectivity index (χ0v) is 12.1. The van der Waals surface area contributed by atoms with Crippen molar-refractivity contribution in [2.24, 2.45) is 0 Å². The molecular weight excluding hydrogens is 262 g/mol. The second-order valence-corrected chi connectivity index (χ2v) is 5.54. The van der Waals surface area contributed by atoms with Crippen molar-refractivity contribution < 1.29 is 9.32 Å². The van der Waals surface area contributed by atoms with E-state index in [1.807, 2.05) is 13.0 Å². The predicted octanol–water partition coefficient (Wildman–Crippen LogP) is 2.28. The van der Waals surface area contributed by atoms with Crippen LogP contribution in [0.15, 0.2) is 10.6 Å². The maximum absolute atomic E-state index is 12.0. The van der Waals surface area contributed by atoms with E-state index in [1.54, 1.807) is 6.92 Å². The van der Waals surface area contributed by atoms with E-state index < -0.39 is 0 Å². The lowest BCUT2D eigenvalue weighted by Crippen LogP contribution is -2.24. The molecular formula is C13H17N3O2S. The smallest absolute Gasteiger partial charge is 0.261 e. The van der Waals surface area contributed by atoms with Crippen LogP contribution in [0.5, 0.6) is 0 Å². The Morgan fingerprint density at radius 2 is 2.26 bits per heavy atom. The number of carbonyl (C=O) groups excluding carboxylic acids is 1. The van der Waals surface area contributed by atoms with Gasteiger partial charge in [0, 0.05) is 17.8 Å². The van der Waals surface area contributed by atoms with E-state index in [4.69, 9.17) is 4.52 Å². The molecule has 0 fully saturated rings. The first kappa shape index (κ1) is 13.7. The number of aryl methyl sites for hydroxylation is 3. The Balaban J connectivity index is 1.87. The molecule has 0 aliphatic heterocycles. The summed E-state index contributed by atoms with van der Waals surface area (Å²) in [5, 5.41) is 6.57. The van der Waals surface area contributed by atoms with Crippen molar-refractivity contribution in [3.8, 4) is 0 Å². The Morgan fingerprint density at radius 1 is 1.47 bits per heavy atom. The summed E-state index contributed by atoms with van der Waals surface area (Å²) in [6, 6.07) is 1.96. The van der Waals surface area contributed by atoms with E-state index in [-0.39, 0.29) is 5.91 Å². The summed E-state index contributed by atoms with van der Waals surface area (Å²) < 4.78 is 4.98. The molecule has 19 heavy (non-hydrogen) atoms. The minimum Gasteiger partial charge on any atom is -0.351 e. The summed E-state index contributed by atoms with van der Waals surface area (Å²) in [6.07, 6.45) is 1.51. The molecule has 2 aromatic rings. The summed E-state index contributed by atoms with van der Waals surface area (Å²) in [7, 11) is 0. The highest BCUT2D eigenvalue weighted by Crippen LogP contribution is 2.21. The van der Waals surface area contributed by atoms with Crippen LogP contribution in [0.1, 0.15) is 38.8 Å². The highest BCUT2D eigenvalue weighted by Gasteiger charge is 2.11. The Hall–Kier alpha value is -1.69. The minimum atomic E-state index is -0.0379. The molecule has 102 valence electrons. The van der Waals surface area contributed by atoms with Gasteiger partial charge in [-0.05, 0) is 31.9 Å². The lowest BCUT2D eigenvalue weighted by atomic mass is 10.2. The third-order valence-electron chi connectivity index (χ3n) is 2.82.